The summed E-state index contributed by atoms with van der Waals surface area (Å²) in [6, 6.07) is 6.21. The van der Waals surface area contributed by atoms with E-state index in [-0.39, 0.29) is 5.96 Å². The highest BCUT2D eigenvalue weighted by Crippen LogP contribution is 2.24. The number of nitrogens with one attached hydrogen (secondary N) is 3. The Kier molecular flexibility index (Phi) is 8.42. The molecule has 2 heterocycles. The molecule has 3 rings (SSSR count). The molecule has 0 unspecified atom stereocenters. The number of benzene rings is 1. The zero-order chi connectivity index (χ0) is 22.2. The maximum absolute atomic E-state index is 12.5. The SMILES string of the molecule is Cc1cc(C)nc(NC(=NCCN2CCOCC2)NC(=O)Nc2ccc(Cl)c(Cl)c2)n1. The lowest BCUT2D eigenvalue weighted by atomic mass is 10.3. The second kappa shape index (κ2) is 11.2. The zero-order valence-corrected chi connectivity index (χ0v) is 18.9. The van der Waals surface area contributed by atoms with Gasteiger partial charge in [0, 0.05) is 36.7 Å². The summed E-state index contributed by atoms with van der Waals surface area (Å²) in [4.78, 5) is 28.0. The molecule has 1 aromatic heterocycles. The van der Waals surface area contributed by atoms with E-state index in [4.69, 9.17) is 27.9 Å². The molecule has 166 valence electrons. The number of halogens is 2. The summed E-state index contributed by atoms with van der Waals surface area (Å²) in [5.74, 6) is 0.605. The fourth-order valence-electron chi connectivity index (χ4n) is 2.97. The number of aromatic nitrogens is 2. The highest BCUT2D eigenvalue weighted by Gasteiger charge is 2.12. The minimum absolute atomic E-state index is 0.246. The van der Waals surface area contributed by atoms with Crippen molar-refractivity contribution in [3.05, 3.63) is 45.7 Å². The summed E-state index contributed by atoms with van der Waals surface area (Å²) in [6.45, 7) is 8.15. The van der Waals surface area contributed by atoms with Gasteiger partial charge in [-0.1, -0.05) is 23.2 Å². The monoisotopic (exact) mass is 465 g/mol. The Balaban J connectivity index is 1.67. The van der Waals surface area contributed by atoms with Crippen LogP contribution in [0, 0.1) is 13.8 Å². The van der Waals surface area contributed by atoms with Gasteiger partial charge in [-0.25, -0.2) is 14.8 Å². The Hall–Kier alpha value is -2.46. The summed E-state index contributed by atoms with van der Waals surface area (Å²) >= 11 is 11.9. The lowest BCUT2D eigenvalue weighted by Crippen LogP contribution is -2.41. The number of hydrogen-bond acceptors (Lipinski definition) is 6. The van der Waals surface area contributed by atoms with Crippen molar-refractivity contribution in [3.63, 3.8) is 0 Å². The van der Waals surface area contributed by atoms with E-state index >= 15 is 0 Å². The van der Waals surface area contributed by atoms with Crippen LogP contribution in [0.3, 0.4) is 0 Å². The van der Waals surface area contributed by atoms with Crippen molar-refractivity contribution < 1.29 is 9.53 Å². The second-order valence-electron chi connectivity index (χ2n) is 6.99. The maximum Gasteiger partial charge on any atom is 0.326 e. The van der Waals surface area contributed by atoms with Crippen molar-refractivity contribution in [1.29, 1.82) is 0 Å². The van der Waals surface area contributed by atoms with E-state index in [1.54, 1.807) is 18.2 Å². The van der Waals surface area contributed by atoms with E-state index in [1.165, 1.54) is 0 Å². The Morgan fingerprint density at radius 3 is 2.48 bits per heavy atom. The number of hydrogen-bond donors (Lipinski definition) is 3. The first kappa shape index (κ1) is 23.2. The first-order valence-electron chi connectivity index (χ1n) is 9.86. The lowest BCUT2D eigenvalue weighted by Gasteiger charge is -2.25. The van der Waals surface area contributed by atoms with Gasteiger partial charge in [-0.3, -0.25) is 20.5 Å². The molecule has 11 heteroatoms. The number of guanidine groups is 1. The van der Waals surface area contributed by atoms with E-state index in [1.807, 2.05) is 19.9 Å². The average molecular weight is 466 g/mol. The van der Waals surface area contributed by atoms with Crippen LogP contribution in [-0.4, -0.2) is 66.3 Å². The Bertz CT molecular complexity index is 929. The topological polar surface area (TPSA) is 104 Å². The van der Waals surface area contributed by atoms with Gasteiger partial charge >= 0.3 is 6.03 Å². The molecular formula is C20H25Cl2N7O2. The van der Waals surface area contributed by atoms with Crippen molar-refractivity contribution >= 4 is 46.8 Å². The number of carbonyl (C=O) groups is 1. The molecule has 31 heavy (non-hydrogen) atoms. The van der Waals surface area contributed by atoms with Crippen LogP contribution < -0.4 is 16.0 Å². The standard InChI is InChI=1S/C20H25Cl2N7O2/c1-13-11-14(2)25-19(24-13)27-18(23-5-6-29-7-9-31-10-8-29)28-20(30)26-15-3-4-16(21)17(22)12-15/h3-4,11-12H,5-10H2,1-2H3,(H3,23,24,25,26,27,28,30). The van der Waals surface area contributed by atoms with Crippen LogP contribution in [0.2, 0.25) is 10.0 Å². The number of carbonyl (C=O) groups excluding carboxylic acids is 1. The molecule has 3 N–H and O–H groups in total. The van der Waals surface area contributed by atoms with E-state index in [0.717, 1.165) is 44.2 Å². The Morgan fingerprint density at radius 2 is 1.81 bits per heavy atom. The number of urea groups is 1. The number of amides is 2. The van der Waals surface area contributed by atoms with E-state index in [0.29, 0.717) is 28.2 Å². The molecule has 1 saturated heterocycles. The van der Waals surface area contributed by atoms with Gasteiger partial charge in [0.05, 0.1) is 29.8 Å². The zero-order valence-electron chi connectivity index (χ0n) is 17.4. The van der Waals surface area contributed by atoms with E-state index in [2.05, 4.69) is 35.8 Å². The highest BCUT2D eigenvalue weighted by molar-refractivity contribution is 6.42. The number of ether oxygens (including phenoxy) is 1. The Labute approximate surface area is 191 Å². The first-order chi connectivity index (χ1) is 14.9. The minimum Gasteiger partial charge on any atom is -0.379 e. The number of aryl methyl sites for hydroxylation is 2. The number of rotatable bonds is 5. The van der Waals surface area contributed by atoms with Gasteiger partial charge in [-0.2, -0.15) is 0 Å². The van der Waals surface area contributed by atoms with Gasteiger partial charge in [-0.15, -0.1) is 0 Å². The number of morpholine rings is 1. The largest absolute Gasteiger partial charge is 0.379 e. The van der Waals surface area contributed by atoms with E-state index < -0.39 is 6.03 Å². The molecule has 1 aliphatic rings. The van der Waals surface area contributed by atoms with Crippen LogP contribution in [-0.2, 0) is 4.74 Å². The smallest absolute Gasteiger partial charge is 0.326 e. The second-order valence-corrected chi connectivity index (χ2v) is 7.81. The van der Waals surface area contributed by atoms with Gasteiger partial charge in [0.1, 0.15) is 0 Å². The normalized spacial score (nSPS) is 14.9. The number of anilines is 2. The van der Waals surface area contributed by atoms with Crippen LogP contribution in [0.1, 0.15) is 11.4 Å². The van der Waals surface area contributed by atoms with Crippen molar-refractivity contribution in [1.82, 2.24) is 20.2 Å². The molecule has 1 aromatic carbocycles. The molecule has 0 atom stereocenters. The van der Waals surface area contributed by atoms with Gasteiger partial charge in [0.15, 0.2) is 0 Å². The summed E-state index contributed by atoms with van der Waals surface area (Å²) in [7, 11) is 0. The van der Waals surface area contributed by atoms with Gasteiger partial charge in [0.25, 0.3) is 0 Å². The third-order valence-electron chi connectivity index (χ3n) is 4.41. The predicted molar refractivity (Wildman–Crippen MR) is 123 cm³/mol. The molecule has 2 amide bonds. The molecule has 0 bridgehead atoms. The van der Waals surface area contributed by atoms with Crippen molar-refractivity contribution in [3.8, 4) is 0 Å². The molecule has 1 fully saturated rings. The molecular weight excluding hydrogens is 441 g/mol. The summed E-state index contributed by atoms with van der Waals surface area (Å²) in [5.41, 5.74) is 2.12. The molecule has 2 aromatic rings. The summed E-state index contributed by atoms with van der Waals surface area (Å²) in [6.07, 6.45) is 0. The van der Waals surface area contributed by atoms with Crippen LogP contribution >= 0.6 is 23.2 Å². The molecule has 0 saturated carbocycles. The van der Waals surface area contributed by atoms with Gasteiger partial charge in [-0.05, 0) is 38.1 Å². The van der Waals surface area contributed by atoms with Crippen LogP contribution in [0.5, 0.6) is 0 Å². The fourth-order valence-corrected chi connectivity index (χ4v) is 3.27. The lowest BCUT2D eigenvalue weighted by molar-refractivity contribution is 0.0394. The highest BCUT2D eigenvalue weighted by atomic mass is 35.5. The third-order valence-corrected chi connectivity index (χ3v) is 5.15. The number of nitrogens with zero attached hydrogens (tertiary/aromatic N) is 4. The maximum atomic E-state index is 12.5. The van der Waals surface area contributed by atoms with Gasteiger partial charge in [0.2, 0.25) is 11.9 Å². The van der Waals surface area contributed by atoms with Crippen molar-refractivity contribution in [2.75, 3.05) is 50.0 Å². The van der Waals surface area contributed by atoms with Crippen LogP contribution in [0.4, 0.5) is 16.4 Å². The van der Waals surface area contributed by atoms with Crippen LogP contribution in [0.25, 0.3) is 0 Å². The van der Waals surface area contributed by atoms with E-state index in [9.17, 15) is 4.79 Å². The predicted octanol–water partition coefficient (Wildman–Crippen LogP) is 3.32. The molecule has 0 radical (unpaired) electrons. The third kappa shape index (κ3) is 7.62. The average Bonchev–Trinajstić information content (AvgIpc) is 2.70. The van der Waals surface area contributed by atoms with Crippen LogP contribution in [0.15, 0.2) is 29.3 Å². The van der Waals surface area contributed by atoms with Gasteiger partial charge < -0.3 is 10.1 Å². The van der Waals surface area contributed by atoms with Crippen molar-refractivity contribution in [2.45, 2.75) is 13.8 Å². The molecule has 0 aliphatic carbocycles. The molecule has 9 nitrogen and oxygen atoms in total. The first-order valence-corrected chi connectivity index (χ1v) is 10.6. The summed E-state index contributed by atoms with van der Waals surface area (Å²) in [5, 5.41) is 9.18. The summed E-state index contributed by atoms with van der Waals surface area (Å²) < 4.78 is 5.36. The number of aliphatic imine (C=N–C) groups is 1. The molecule has 0 spiro atoms. The Morgan fingerprint density at radius 1 is 1.10 bits per heavy atom. The minimum atomic E-state index is -0.486. The molecule has 1 aliphatic heterocycles. The van der Waals surface area contributed by atoms with Crippen molar-refractivity contribution in [2.24, 2.45) is 4.99 Å². The quantitative estimate of drug-likeness (QED) is 0.462. The fraction of sp³-hybridized carbons (Fsp3) is 0.400.